The normalized spacial score (nSPS) is 12.0. The molecule has 44 heavy (non-hydrogen) atoms. The first-order valence-corrected chi connectivity index (χ1v) is 13.8. The summed E-state index contributed by atoms with van der Waals surface area (Å²) in [5.41, 5.74) is -6.48. The molecule has 3 aromatic rings. The molecule has 11 heteroatoms. The Balaban J connectivity index is 2.08. The first-order chi connectivity index (χ1) is 21.2. The van der Waals surface area contributed by atoms with Crippen molar-refractivity contribution in [3.05, 3.63) is 108 Å². The summed E-state index contributed by atoms with van der Waals surface area (Å²) in [5.74, 6) is -4.89. The molecule has 0 atom stereocenters. The molecule has 0 saturated carbocycles. The van der Waals surface area contributed by atoms with Crippen LogP contribution in [0.15, 0.2) is 91.0 Å². The summed E-state index contributed by atoms with van der Waals surface area (Å²) in [5, 5.41) is 49.0. The Hall–Kier alpha value is -4.10. The van der Waals surface area contributed by atoms with Gasteiger partial charge in [0, 0.05) is 16.7 Å². The fourth-order valence-corrected chi connectivity index (χ4v) is 4.38. The summed E-state index contributed by atoms with van der Waals surface area (Å²) in [4.78, 5) is 56.9. The summed E-state index contributed by atoms with van der Waals surface area (Å²) in [6, 6.07) is 22.0. The van der Waals surface area contributed by atoms with Gasteiger partial charge in [-0.25, -0.2) is 4.79 Å². The highest BCUT2D eigenvalue weighted by atomic mass is 16.5. The van der Waals surface area contributed by atoms with Gasteiger partial charge in [0.15, 0.2) is 17.3 Å². The Bertz CT molecular complexity index is 1250. The van der Waals surface area contributed by atoms with E-state index in [0.717, 1.165) is 0 Å². The van der Waals surface area contributed by atoms with Crippen molar-refractivity contribution in [1.29, 1.82) is 0 Å². The van der Waals surface area contributed by atoms with Crippen LogP contribution < -0.4 is 0 Å². The van der Waals surface area contributed by atoms with Gasteiger partial charge in [-0.1, -0.05) is 91.0 Å². The third kappa shape index (κ3) is 7.16. The van der Waals surface area contributed by atoms with Crippen LogP contribution in [0.2, 0.25) is 0 Å². The fourth-order valence-electron chi connectivity index (χ4n) is 4.38. The quantitative estimate of drug-likeness (QED) is 0.0791. The highest BCUT2D eigenvalue weighted by Crippen LogP contribution is 2.35. The summed E-state index contributed by atoms with van der Waals surface area (Å²) >= 11 is 0. The van der Waals surface area contributed by atoms with Gasteiger partial charge in [0.25, 0.3) is 5.41 Å². The molecule has 0 aliphatic carbocycles. The number of hydrogen-bond donors (Lipinski definition) is 5. The molecular formula is C33H36O11. The minimum Gasteiger partial charge on any atom is -0.463 e. The molecule has 0 spiro atoms. The van der Waals surface area contributed by atoms with Crippen molar-refractivity contribution in [3.63, 3.8) is 0 Å². The standard InChI is InChI=1S/C33H36O11/c34-16-31(17-35,18-36)21-43-22-32(19-37,20-38)23-44-30(42)33(27(39)24-10-4-1-5-11-24,28(40)25-12-6-2-7-13-25)29(41)26-14-8-3-9-15-26/h1-15,34-38H,16-23H2. The molecule has 0 unspecified atom stereocenters. The molecule has 0 saturated heterocycles. The van der Waals surface area contributed by atoms with Crippen LogP contribution in [-0.2, 0) is 14.3 Å². The smallest absolute Gasteiger partial charge is 0.336 e. The number of ether oxygens (including phenoxy) is 2. The predicted octanol–water partition coefficient (Wildman–Crippen LogP) is 1.12. The molecule has 0 amide bonds. The SMILES string of the molecule is O=C(OCC(CO)(CO)COCC(CO)(CO)CO)C(C(=O)c1ccccc1)(C(=O)c1ccccc1)C(=O)c1ccccc1. The second kappa shape index (κ2) is 15.6. The molecule has 0 heterocycles. The summed E-state index contributed by atoms with van der Waals surface area (Å²) in [6.45, 7) is -5.18. The lowest BCUT2D eigenvalue weighted by atomic mass is 9.69. The number of rotatable bonds is 18. The fraction of sp³-hybridized carbons (Fsp3) is 0.333. The van der Waals surface area contributed by atoms with Crippen LogP contribution in [0.5, 0.6) is 0 Å². The van der Waals surface area contributed by atoms with Crippen LogP contribution in [0.25, 0.3) is 0 Å². The van der Waals surface area contributed by atoms with Crippen molar-refractivity contribution < 1.29 is 54.2 Å². The van der Waals surface area contributed by atoms with E-state index in [0.29, 0.717) is 0 Å². The zero-order valence-corrected chi connectivity index (χ0v) is 24.0. The van der Waals surface area contributed by atoms with Gasteiger partial charge < -0.3 is 35.0 Å². The van der Waals surface area contributed by atoms with Gasteiger partial charge in [-0.05, 0) is 0 Å². The lowest BCUT2D eigenvalue weighted by molar-refractivity contribution is -0.158. The number of benzene rings is 3. The van der Waals surface area contributed by atoms with Gasteiger partial charge in [0.1, 0.15) is 6.61 Å². The number of carbonyl (C=O) groups excluding carboxylic acids is 4. The Kier molecular flexibility index (Phi) is 12.2. The molecule has 3 rings (SSSR count). The maximum absolute atomic E-state index is 14.2. The molecule has 234 valence electrons. The highest BCUT2D eigenvalue weighted by molar-refractivity contribution is 6.45. The van der Waals surface area contributed by atoms with Crippen molar-refractivity contribution in [2.24, 2.45) is 16.2 Å². The first-order valence-electron chi connectivity index (χ1n) is 13.8. The molecule has 0 aliphatic heterocycles. The predicted molar refractivity (Wildman–Crippen MR) is 157 cm³/mol. The third-order valence-electron chi connectivity index (χ3n) is 7.44. The number of ketones is 3. The topological polar surface area (TPSA) is 188 Å². The van der Waals surface area contributed by atoms with E-state index in [2.05, 4.69) is 0 Å². The maximum Gasteiger partial charge on any atom is 0.336 e. The molecule has 0 bridgehead atoms. The summed E-state index contributed by atoms with van der Waals surface area (Å²) in [6.07, 6.45) is 0. The second-order valence-electron chi connectivity index (χ2n) is 10.7. The lowest BCUT2D eigenvalue weighted by Crippen LogP contribution is -2.54. The Morgan fingerprint density at radius 2 is 0.795 bits per heavy atom. The Morgan fingerprint density at radius 1 is 0.477 bits per heavy atom. The molecule has 11 nitrogen and oxygen atoms in total. The summed E-state index contributed by atoms with van der Waals surface area (Å²) < 4.78 is 11.0. The Morgan fingerprint density at radius 3 is 1.11 bits per heavy atom. The molecule has 0 aliphatic rings. The van der Waals surface area contributed by atoms with Gasteiger partial charge in [0.05, 0.1) is 57.1 Å². The Labute approximate surface area is 254 Å². The number of aliphatic hydroxyl groups is 5. The molecule has 3 aromatic carbocycles. The first kappa shape index (κ1) is 34.4. The van der Waals surface area contributed by atoms with Gasteiger partial charge in [-0.15, -0.1) is 0 Å². The summed E-state index contributed by atoms with van der Waals surface area (Å²) in [7, 11) is 0. The largest absolute Gasteiger partial charge is 0.463 e. The minimum atomic E-state index is -3.04. The van der Waals surface area contributed by atoms with Crippen LogP contribution in [0.3, 0.4) is 0 Å². The van der Waals surface area contributed by atoms with Crippen LogP contribution >= 0.6 is 0 Å². The molecule has 0 radical (unpaired) electrons. The average molecular weight is 609 g/mol. The second-order valence-corrected chi connectivity index (χ2v) is 10.7. The van der Waals surface area contributed by atoms with Gasteiger partial charge in [-0.2, -0.15) is 0 Å². The molecular weight excluding hydrogens is 572 g/mol. The van der Waals surface area contributed by atoms with Gasteiger partial charge >= 0.3 is 5.97 Å². The lowest BCUT2D eigenvalue weighted by Gasteiger charge is -2.34. The van der Waals surface area contributed by atoms with E-state index < -0.39 is 85.8 Å². The van der Waals surface area contributed by atoms with Crippen LogP contribution in [0.1, 0.15) is 31.1 Å². The van der Waals surface area contributed by atoms with Crippen molar-refractivity contribution in [2.45, 2.75) is 0 Å². The number of aliphatic hydroxyl groups excluding tert-OH is 5. The minimum absolute atomic E-state index is 0.106. The van der Waals surface area contributed by atoms with E-state index in [-0.39, 0.29) is 23.3 Å². The maximum atomic E-state index is 14.2. The monoisotopic (exact) mass is 608 g/mol. The van der Waals surface area contributed by atoms with Crippen molar-refractivity contribution in [1.82, 2.24) is 0 Å². The van der Waals surface area contributed by atoms with E-state index in [1.807, 2.05) is 0 Å². The number of hydrogen-bond acceptors (Lipinski definition) is 11. The number of carbonyl (C=O) groups is 4. The van der Waals surface area contributed by atoms with Crippen LogP contribution in [0.4, 0.5) is 0 Å². The molecule has 5 N–H and O–H groups in total. The average Bonchev–Trinajstić information content (AvgIpc) is 3.09. The van der Waals surface area contributed by atoms with E-state index in [1.54, 1.807) is 18.2 Å². The molecule has 0 aromatic heterocycles. The van der Waals surface area contributed by atoms with Gasteiger partial charge in [0.2, 0.25) is 0 Å². The number of Topliss-reactive ketones (excluding diaryl/α,β-unsaturated/α-hetero) is 3. The van der Waals surface area contributed by atoms with Crippen LogP contribution in [-0.4, -0.2) is 102 Å². The van der Waals surface area contributed by atoms with E-state index in [4.69, 9.17) is 9.47 Å². The van der Waals surface area contributed by atoms with E-state index >= 15 is 0 Å². The molecule has 0 fully saturated rings. The highest BCUT2D eigenvalue weighted by Gasteiger charge is 2.61. The zero-order chi connectivity index (χ0) is 32.2. The van der Waals surface area contributed by atoms with E-state index in [1.165, 1.54) is 72.8 Å². The zero-order valence-electron chi connectivity index (χ0n) is 24.0. The third-order valence-corrected chi connectivity index (χ3v) is 7.44. The van der Waals surface area contributed by atoms with Crippen LogP contribution in [0, 0.1) is 16.2 Å². The van der Waals surface area contributed by atoms with Crippen molar-refractivity contribution in [3.8, 4) is 0 Å². The van der Waals surface area contributed by atoms with Gasteiger partial charge in [-0.3, -0.25) is 14.4 Å². The van der Waals surface area contributed by atoms with E-state index in [9.17, 15) is 44.7 Å². The van der Waals surface area contributed by atoms with Crippen molar-refractivity contribution in [2.75, 3.05) is 52.9 Å². The number of esters is 1. The van der Waals surface area contributed by atoms with Crippen molar-refractivity contribution >= 4 is 23.3 Å².